The fraction of sp³-hybridized carbons (Fsp3) is 0.308. The lowest BCUT2D eigenvalue weighted by atomic mass is 10.1. The molecule has 9 heteroatoms. The smallest absolute Gasteiger partial charge is 0.408 e. The van der Waals surface area contributed by atoms with Gasteiger partial charge in [0.1, 0.15) is 5.84 Å². The summed E-state index contributed by atoms with van der Waals surface area (Å²) in [6, 6.07) is 6.40. The number of nitrogens with zero attached hydrogens (tertiary/aromatic N) is 5. The van der Waals surface area contributed by atoms with Crippen molar-refractivity contribution in [1.82, 2.24) is 25.1 Å². The highest BCUT2D eigenvalue weighted by Gasteiger charge is 2.25. The fourth-order valence-electron chi connectivity index (χ4n) is 2.13. The maximum absolute atomic E-state index is 11.6. The average Bonchev–Trinajstić information content (AvgIpc) is 2.90. The largest absolute Gasteiger partial charge is 0.465 e. The number of nitrogen functional groups attached to an aromatic ring is 1. The van der Waals surface area contributed by atoms with Crippen molar-refractivity contribution in [2.75, 3.05) is 0 Å². The van der Waals surface area contributed by atoms with Crippen LogP contribution < -0.4 is 5.73 Å². The van der Waals surface area contributed by atoms with E-state index >= 15 is 0 Å². The van der Waals surface area contributed by atoms with Crippen molar-refractivity contribution >= 4 is 11.9 Å². The molecule has 0 fully saturated rings. The Labute approximate surface area is 126 Å². The number of rotatable bonds is 5. The Morgan fingerprint density at radius 3 is 2.82 bits per heavy atom. The first-order valence-corrected chi connectivity index (χ1v) is 6.55. The predicted molar refractivity (Wildman–Crippen MR) is 78.2 cm³/mol. The van der Waals surface area contributed by atoms with Gasteiger partial charge < -0.3 is 10.8 Å². The van der Waals surface area contributed by atoms with Gasteiger partial charge in [-0.05, 0) is 29.0 Å². The third kappa shape index (κ3) is 3.19. The second-order valence-electron chi connectivity index (χ2n) is 4.86. The maximum atomic E-state index is 11.6. The van der Waals surface area contributed by atoms with Gasteiger partial charge in [0.05, 0.1) is 6.04 Å². The molecule has 9 nitrogen and oxygen atoms in total. The second kappa shape index (κ2) is 6.20. The number of tetrazole rings is 1. The molecule has 0 aliphatic carbocycles. The van der Waals surface area contributed by atoms with Crippen molar-refractivity contribution in [2.45, 2.75) is 19.5 Å². The molecule has 4 N–H and O–H groups in total. The summed E-state index contributed by atoms with van der Waals surface area (Å²) < 4.78 is 1.44. The number of aromatic nitrogens is 4. The van der Waals surface area contributed by atoms with Gasteiger partial charge in [-0.3, -0.25) is 10.3 Å². The highest BCUT2D eigenvalue weighted by Crippen LogP contribution is 2.20. The second-order valence-corrected chi connectivity index (χ2v) is 4.86. The number of nitrogens with one attached hydrogen (secondary N) is 1. The van der Waals surface area contributed by atoms with Gasteiger partial charge in [0.15, 0.2) is 5.82 Å². The molecule has 1 unspecified atom stereocenters. The molecule has 0 saturated carbocycles. The lowest BCUT2D eigenvalue weighted by Gasteiger charge is -2.25. The first-order valence-electron chi connectivity index (χ1n) is 6.55. The van der Waals surface area contributed by atoms with Gasteiger partial charge in [0.2, 0.25) is 0 Å². The lowest BCUT2D eigenvalue weighted by molar-refractivity contribution is 0.121. The molecule has 1 amide bonds. The van der Waals surface area contributed by atoms with Gasteiger partial charge in [-0.25, -0.2) is 9.48 Å². The van der Waals surface area contributed by atoms with Crippen LogP contribution >= 0.6 is 0 Å². The van der Waals surface area contributed by atoms with Gasteiger partial charge in [-0.15, -0.1) is 5.10 Å². The van der Waals surface area contributed by atoms with Gasteiger partial charge in [0, 0.05) is 19.2 Å². The zero-order chi connectivity index (χ0) is 16.3. The van der Waals surface area contributed by atoms with E-state index in [0.29, 0.717) is 11.4 Å². The lowest BCUT2D eigenvalue weighted by Crippen LogP contribution is -2.33. The number of benzene rings is 1. The van der Waals surface area contributed by atoms with E-state index in [2.05, 4.69) is 15.5 Å². The number of aryl methyl sites for hydroxylation is 1. The monoisotopic (exact) mass is 303 g/mol. The molecule has 0 aliphatic rings. The molecule has 1 atom stereocenters. The number of hydrogen-bond donors (Lipinski definition) is 3. The number of carboxylic acid groups (broad SMARTS) is 1. The molecule has 0 saturated heterocycles. The molecule has 0 aliphatic heterocycles. The Kier molecular flexibility index (Phi) is 4.35. The van der Waals surface area contributed by atoms with Crippen molar-refractivity contribution in [3.63, 3.8) is 0 Å². The van der Waals surface area contributed by atoms with Crippen molar-refractivity contribution in [2.24, 2.45) is 12.8 Å². The third-order valence-electron chi connectivity index (χ3n) is 3.33. The molecule has 2 aromatic rings. The van der Waals surface area contributed by atoms with Gasteiger partial charge in [-0.1, -0.05) is 18.2 Å². The minimum absolute atomic E-state index is 0.0609. The van der Waals surface area contributed by atoms with Gasteiger partial charge in [0.25, 0.3) is 0 Å². The van der Waals surface area contributed by atoms with E-state index in [1.165, 1.54) is 9.58 Å². The Balaban J connectivity index is 2.26. The Bertz CT molecular complexity index is 697. The molecule has 1 aromatic heterocycles. The summed E-state index contributed by atoms with van der Waals surface area (Å²) in [5.74, 6) is 0.388. The van der Waals surface area contributed by atoms with Crippen LogP contribution in [0.15, 0.2) is 24.3 Å². The molecule has 0 bridgehead atoms. The molecule has 2 rings (SSSR count). The quantitative estimate of drug-likeness (QED) is 0.550. The van der Waals surface area contributed by atoms with Crippen molar-refractivity contribution in [3.05, 3.63) is 41.2 Å². The van der Waals surface area contributed by atoms with Crippen molar-refractivity contribution in [1.29, 1.82) is 5.41 Å². The van der Waals surface area contributed by atoms with E-state index in [1.807, 2.05) is 0 Å². The number of amides is 1. The summed E-state index contributed by atoms with van der Waals surface area (Å²) in [5.41, 5.74) is 6.74. The normalized spacial score (nSPS) is 11.9. The molecule has 0 spiro atoms. The fourth-order valence-corrected chi connectivity index (χ4v) is 2.13. The van der Waals surface area contributed by atoms with E-state index in [9.17, 15) is 9.90 Å². The highest BCUT2D eigenvalue weighted by atomic mass is 16.4. The molecular weight excluding hydrogens is 286 g/mol. The first kappa shape index (κ1) is 15.4. The minimum Gasteiger partial charge on any atom is -0.465 e. The highest BCUT2D eigenvalue weighted by molar-refractivity contribution is 5.95. The molecule has 1 heterocycles. The molecule has 1 aromatic carbocycles. The summed E-state index contributed by atoms with van der Waals surface area (Å²) in [6.45, 7) is 1.86. The number of amidine groups is 1. The van der Waals surface area contributed by atoms with E-state index < -0.39 is 12.1 Å². The number of carbonyl (C=O) groups is 1. The van der Waals surface area contributed by atoms with Crippen LogP contribution in [0.2, 0.25) is 0 Å². The molecule has 22 heavy (non-hydrogen) atoms. The van der Waals surface area contributed by atoms with E-state index in [4.69, 9.17) is 11.1 Å². The average molecular weight is 303 g/mol. The topological polar surface area (TPSA) is 134 Å². The van der Waals surface area contributed by atoms with Crippen LogP contribution in [0.5, 0.6) is 0 Å². The van der Waals surface area contributed by atoms with Crippen molar-refractivity contribution < 1.29 is 9.90 Å². The van der Waals surface area contributed by atoms with Crippen molar-refractivity contribution in [3.8, 4) is 0 Å². The summed E-state index contributed by atoms with van der Waals surface area (Å²) in [4.78, 5) is 12.8. The molecule has 0 radical (unpaired) electrons. The zero-order valence-corrected chi connectivity index (χ0v) is 12.3. The summed E-state index contributed by atoms with van der Waals surface area (Å²) >= 11 is 0. The minimum atomic E-state index is -1.08. The van der Waals surface area contributed by atoms with Gasteiger partial charge >= 0.3 is 6.09 Å². The summed E-state index contributed by atoms with van der Waals surface area (Å²) in [6.07, 6.45) is -1.08. The van der Waals surface area contributed by atoms with E-state index in [0.717, 1.165) is 5.56 Å². The van der Waals surface area contributed by atoms with E-state index in [-0.39, 0.29) is 12.4 Å². The van der Waals surface area contributed by atoms with Crippen LogP contribution in [0.3, 0.4) is 0 Å². The molecular formula is C13H17N7O2. The van der Waals surface area contributed by atoms with Crippen LogP contribution in [-0.4, -0.2) is 42.1 Å². The van der Waals surface area contributed by atoms with Crippen LogP contribution in [0.4, 0.5) is 4.79 Å². The Morgan fingerprint density at radius 2 is 2.27 bits per heavy atom. The summed E-state index contributed by atoms with van der Waals surface area (Å²) in [7, 11) is 1.65. The third-order valence-corrected chi connectivity index (χ3v) is 3.33. The SMILES string of the molecule is CC(c1nnnn1C)N(Cc1cccc(C(=N)N)c1)C(=O)O. The van der Waals surface area contributed by atoms with Crippen LogP contribution in [0, 0.1) is 5.41 Å². The van der Waals surface area contributed by atoms with Gasteiger partial charge in [-0.2, -0.15) is 0 Å². The standard InChI is InChI=1S/C13H17N7O2/c1-8(12-16-17-18-19(12)2)20(13(21)22)7-9-4-3-5-10(6-9)11(14)15/h3-6,8H,7H2,1-2H3,(H3,14,15)(H,21,22). The van der Waals surface area contributed by atoms with E-state index in [1.54, 1.807) is 38.2 Å². The zero-order valence-electron chi connectivity index (χ0n) is 12.3. The first-order chi connectivity index (χ1) is 10.4. The predicted octanol–water partition coefficient (Wildman–Crippen LogP) is 0.735. The Morgan fingerprint density at radius 1 is 1.55 bits per heavy atom. The number of nitrogens with two attached hydrogens (primary N) is 1. The van der Waals surface area contributed by atoms with Crippen LogP contribution in [0.25, 0.3) is 0 Å². The number of hydrogen-bond acceptors (Lipinski definition) is 5. The van der Waals surface area contributed by atoms with Crippen LogP contribution in [0.1, 0.15) is 29.9 Å². The molecule has 116 valence electrons. The maximum Gasteiger partial charge on any atom is 0.408 e. The van der Waals surface area contributed by atoms with Crippen LogP contribution in [-0.2, 0) is 13.6 Å². The Hall–Kier alpha value is -2.97. The summed E-state index contributed by atoms with van der Waals surface area (Å²) in [5, 5.41) is 28.0.